The summed E-state index contributed by atoms with van der Waals surface area (Å²) in [6.07, 6.45) is 1.25. The van der Waals surface area contributed by atoms with Crippen LogP contribution in [0.2, 0.25) is 0 Å². The molecule has 0 bridgehead atoms. The van der Waals surface area contributed by atoms with Crippen molar-refractivity contribution in [3.05, 3.63) is 71.8 Å². The first kappa shape index (κ1) is 12.8. The predicted octanol–water partition coefficient (Wildman–Crippen LogP) is 2.50. The molecule has 2 rings (SSSR count). The van der Waals surface area contributed by atoms with E-state index in [1.165, 1.54) is 5.56 Å². The molecule has 1 unspecified atom stereocenters. The van der Waals surface area contributed by atoms with Crippen molar-refractivity contribution >= 4 is 0 Å². The van der Waals surface area contributed by atoms with Gasteiger partial charge in [-0.15, -0.1) is 0 Å². The van der Waals surface area contributed by atoms with Gasteiger partial charge in [-0.25, -0.2) is 0 Å². The molecule has 94 valence electrons. The summed E-state index contributed by atoms with van der Waals surface area (Å²) in [6, 6.07) is 19.3. The largest absolute Gasteiger partial charge is 0.393 e. The van der Waals surface area contributed by atoms with Gasteiger partial charge in [0, 0.05) is 0 Å². The Labute approximate surface area is 108 Å². The summed E-state index contributed by atoms with van der Waals surface area (Å²) in [5, 5.41) is 20.0. The monoisotopic (exact) mass is 242 g/mol. The fraction of sp³-hybridized carbons (Fsp3) is 0.250. The van der Waals surface area contributed by atoms with Gasteiger partial charge in [-0.1, -0.05) is 60.7 Å². The molecular weight excluding hydrogens is 224 g/mol. The molecule has 1 atom stereocenters. The lowest BCUT2D eigenvalue weighted by molar-refractivity contribution is -0.0259. The molecule has 2 nitrogen and oxygen atoms in total. The third-order valence-corrected chi connectivity index (χ3v) is 3.24. The first-order chi connectivity index (χ1) is 8.74. The van der Waals surface area contributed by atoms with Crippen molar-refractivity contribution < 1.29 is 10.2 Å². The lowest BCUT2D eigenvalue weighted by Gasteiger charge is -2.26. The van der Waals surface area contributed by atoms with Crippen LogP contribution in [-0.2, 0) is 12.0 Å². The van der Waals surface area contributed by atoms with Crippen LogP contribution in [-0.4, -0.2) is 16.8 Å². The van der Waals surface area contributed by atoms with E-state index in [9.17, 15) is 10.2 Å². The third kappa shape index (κ3) is 2.97. The molecule has 0 heterocycles. The highest BCUT2D eigenvalue weighted by Gasteiger charge is 2.27. The summed E-state index contributed by atoms with van der Waals surface area (Å²) < 4.78 is 0. The number of aliphatic hydroxyl groups excluding tert-OH is 1. The molecule has 0 aliphatic rings. The second kappa shape index (κ2) is 5.80. The predicted molar refractivity (Wildman–Crippen MR) is 72.2 cm³/mol. The van der Waals surface area contributed by atoms with Crippen molar-refractivity contribution in [3.8, 4) is 0 Å². The zero-order valence-electron chi connectivity index (χ0n) is 10.3. The molecule has 0 spiro atoms. The second-order valence-electron chi connectivity index (χ2n) is 4.54. The van der Waals surface area contributed by atoms with Crippen LogP contribution in [0.3, 0.4) is 0 Å². The van der Waals surface area contributed by atoms with Crippen LogP contribution in [0, 0.1) is 0 Å². The molecule has 2 aromatic carbocycles. The SMILES string of the molecule is OCC(O)(CCc1ccccc1)c1ccccc1. The summed E-state index contributed by atoms with van der Waals surface area (Å²) >= 11 is 0. The van der Waals surface area contributed by atoms with Gasteiger partial charge in [0.15, 0.2) is 0 Å². The molecular formula is C16H18O2. The number of benzene rings is 2. The van der Waals surface area contributed by atoms with Crippen LogP contribution in [0.5, 0.6) is 0 Å². The summed E-state index contributed by atoms with van der Waals surface area (Å²) in [4.78, 5) is 0. The van der Waals surface area contributed by atoms with E-state index in [0.717, 1.165) is 12.0 Å². The van der Waals surface area contributed by atoms with Gasteiger partial charge in [-0.3, -0.25) is 0 Å². The minimum atomic E-state index is -1.16. The Morgan fingerprint density at radius 3 is 1.94 bits per heavy atom. The van der Waals surface area contributed by atoms with Gasteiger partial charge in [0.25, 0.3) is 0 Å². The van der Waals surface area contributed by atoms with Gasteiger partial charge in [-0.05, 0) is 24.0 Å². The Bertz CT molecular complexity index is 467. The number of hydrogen-bond acceptors (Lipinski definition) is 2. The van der Waals surface area contributed by atoms with Crippen LogP contribution in [0.25, 0.3) is 0 Å². The highest BCUT2D eigenvalue weighted by Crippen LogP contribution is 2.26. The number of aryl methyl sites for hydroxylation is 1. The van der Waals surface area contributed by atoms with E-state index in [4.69, 9.17) is 0 Å². The zero-order chi connectivity index (χ0) is 12.8. The van der Waals surface area contributed by atoms with E-state index in [0.29, 0.717) is 6.42 Å². The van der Waals surface area contributed by atoms with Crippen LogP contribution in [0.4, 0.5) is 0 Å². The molecule has 2 heteroatoms. The lowest BCUT2D eigenvalue weighted by Crippen LogP contribution is -2.30. The van der Waals surface area contributed by atoms with Gasteiger partial charge >= 0.3 is 0 Å². The molecule has 0 aliphatic heterocycles. The van der Waals surface area contributed by atoms with Gasteiger partial charge in [0.1, 0.15) is 5.60 Å². The minimum Gasteiger partial charge on any atom is -0.393 e. The van der Waals surface area contributed by atoms with Gasteiger partial charge in [-0.2, -0.15) is 0 Å². The summed E-state index contributed by atoms with van der Waals surface area (Å²) in [7, 11) is 0. The smallest absolute Gasteiger partial charge is 0.113 e. The topological polar surface area (TPSA) is 40.5 Å². The van der Waals surface area contributed by atoms with Crippen molar-refractivity contribution in [2.75, 3.05) is 6.61 Å². The molecule has 0 aliphatic carbocycles. The summed E-state index contributed by atoms with van der Waals surface area (Å²) in [5.74, 6) is 0. The van der Waals surface area contributed by atoms with Crippen LogP contribution >= 0.6 is 0 Å². The van der Waals surface area contributed by atoms with Gasteiger partial charge in [0.2, 0.25) is 0 Å². The maximum Gasteiger partial charge on any atom is 0.113 e. The molecule has 2 aromatic rings. The highest BCUT2D eigenvalue weighted by atomic mass is 16.3. The van der Waals surface area contributed by atoms with Crippen LogP contribution in [0.15, 0.2) is 60.7 Å². The molecule has 0 saturated heterocycles. The number of aliphatic hydroxyl groups is 2. The van der Waals surface area contributed by atoms with Crippen molar-refractivity contribution in [2.24, 2.45) is 0 Å². The molecule has 0 aromatic heterocycles. The molecule has 2 N–H and O–H groups in total. The number of rotatable bonds is 5. The molecule has 0 radical (unpaired) electrons. The molecule has 0 saturated carbocycles. The molecule has 0 amide bonds. The zero-order valence-corrected chi connectivity index (χ0v) is 10.3. The van der Waals surface area contributed by atoms with E-state index in [2.05, 4.69) is 0 Å². The Balaban J connectivity index is 2.10. The minimum absolute atomic E-state index is 0.260. The van der Waals surface area contributed by atoms with Crippen molar-refractivity contribution in [3.63, 3.8) is 0 Å². The first-order valence-corrected chi connectivity index (χ1v) is 6.17. The standard InChI is InChI=1S/C16H18O2/c17-13-16(18,15-9-5-2-6-10-15)12-11-14-7-3-1-4-8-14/h1-10,17-18H,11-13H2. The Kier molecular flexibility index (Phi) is 4.13. The maximum atomic E-state index is 10.5. The van der Waals surface area contributed by atoms with E-state index in [-0.39, 0.29) is 6.61 Å². The van der Waals surface area contributed by atoms with Crippen LogP contribution in [0.1, 0.15) is 17.5 Å². The average molecular weight is 242 g/mol. The fourth-order valence-corrected chi connectivity index (χ4v) is 2.06. The second-order valence-corrected chi connectivity index (χ2v) is 4.54. The van der Waals surface area contributed by atoms with Crippen LogP contribution < -0.4 is 0 Å². The Morgan fingerprint density at radius 2 is 1.39 bits per heavy atom. The number of hydrogen-bond donors (Lipinski definition) is 2. The molecule has 0 fully saturated rings. The lowest BCUT2D eigenvalue weighted by atomic mass is 9.88. The van der Waals surface area contributed by atoms with Gasteiger partial charge in [0.05, 0.1) is 6.61 Å². The van der Waals surface area contributed by atoms with Gasteiger partial charge < -0.3 is 10.2 Å². The van der Waals surface area contributed by atoms with E-state index < -0.39 is 5.60 Å². The Morgan fingerprint density at radius 1 is 0.833 bits per heavy atom. The maximum absolute atomic E-state index is 10.5. The van der Waals surface area contributed by atoms with E-state index in [1.54, 1.807) is 0 Å². The van der Waals surface area contributed by atoms with E-state index >= 15 is 0 Å². The molecule has 18 heavy (non-hydrogen) atoms. The highest BCUT2D eigenvalue weighted by molar-refractivity contribution is 5.23. The summed E-state index contributed by atoms with van der Waals surface area (Å²) in [6.45, 7) is -0.260. The summed E-state index contributed by atoms with van der Waals surface area (Å²) in [5.41, 5.74) is 0.778. The Hall–Kier alpha value is -1.64. The normalized spacial score (nSPS) is 14.1. The van der Waals surface area contributed by atoms with Crippen molar-refractivity contribution in [1.82, 2.24) is 0 Å². The van der Waals surface area contributed by atoms with E-state index in [1.807, 2.05) is 60.7 Å². The fourth-order valence-electron chi connectivity index (χ4n) is 2.06. The first-order valence-electron chi connectivity index (χ1n) is 6.17. The quantitative estimate of drug-likeness (QED) is 0.845. The van der Waals surface area contributed by atoms with Crippen molar-refractivity contribution in [1.29, 1.82) is 0 Å². The van der Waals surface area contributed by atoms with Crippen molar-refractivity contribution in [2.45, 2.75) is 18.4 Å². The average Bonchev–Trinajstić information content (AvgIpc) is 2.47. The third-order valence-electron chi connectivity index (χ3n) is 3.24.